The molecule has 0 atom stereocenters. The molecular weight excluding hydrogens is 184 g/mol. The van der Waals surface area contributed by atoms with Crippen LogP contribution in [0.4, 0.5) is 5.69 Å². The maximum absolute atomic E-state index is 4.19. The van der Waals surface area contributed by atoms with Crippen molar-refractivity contribution in [1.29, 1.82) is 0 Å². The molecule has 1 aromatic carbocycles. The number of pyridine rings is 1. The second-order valence-corrected chi connectivity index (χ2v) is 3.51. The fraction of sp³-hybridized carbons (Fsp3) is 0.154. The number of aryl methyl sites for hydroxylation is 1. The summed E-state index contributed by atoms with van der Waals surface area (Å²) in [6, 6.07) is 12.5. The predicted molar refractivity (Wildman–Crippen MR) is 64.0 cm³/mol. The predicted octanol–water partition coefficient (Wildman–Crippen LogP) is 3.10. The van der Waals surface area contributed by atoms with E-state index in [1.165, 1.54) is 11.1 Å². The molecule has 0 fully saturated rings. The molecule has 1 N–H and O–H groups in total. The first kappa shape index (κ1) is 9.71. The maximum Gasteiger partial charge on any atom is 0.0378 e. The number of anilines is 1. The monoisotopic (exact) mass is 198 g/mol. The van der Waals surface area contributed by atoms with Gasteiger partial charge < -0.3 is 5.32 Å². The fourth-order valence-corrected chi connectivity index (χ4v) is 1.55. The first-order valence-electron chi connectivity index (χ1n) is 5.00. The molecule has 0 saturated heterocycles. The topological polar surface area (TPSA) is 24.9 Å². The van der Waals surface area contributed by atoms with Gasteiger partial charge in [0.05, 0.1) is 0 Å². The summed E-state index contributed by atoms with van der Waals surface area (Å²) in [4.78, 5) is 4.19. The van der Waals surface area contributed by atoms with Gasteiger partial charge in [0.15, 0.2) is 0 Å². The number of rotatable bonds is 2. The highest BCUT2D eigenvalue weighted by Crippen LogP contribution is 2.21. The maximum atomic E-state index is 4.19. The molecule has 1 aromatic heterocycles. The van der Waals surface area contributed by atoms with Gasteiger partial charge in [-0.05, 0) is 42.3 Å². The summed E-state index contributed by atoms with van der Waals surface area (Å²) in [5.41, 5.74) is 4.61. The van der Waals surface area contributed by atoms with Crippen LogP contribution < -0.4 is 5.32 Å². The van der Waals surface area contributed by atoms with Gasteiger partial charge in [0.1, 0.15) is 0 Å². The number of nitrogens with one attached hydrogen (secondary N) is 1. The number of aromatic nitrogens is 1. The SMILES string of the molecule is CNc1ccc(-c2ccnc(C)c2)cc1. The molecule has 0 aliphatic heterocycles. The van der Waals surface area contributed by atoms with Crippen LogP contribution in [0.2, 0.25) is 0 Å². The van der Waals surface area contributed by atoms with Crippen LogP contribution in [0.5, 0.6) is 0 Å². The third-order valence-electron chi connectivity index (χ3n) is 2.40. The first-order valence-corrected chi connectivity index (χ1v) is 5.00. The number of hydrogen-bond donors (Lipinski definition) is 1. The highest BCUT2D eigenvalue weighted by atomic mass is 14.8. The van der Waals surface area contributed by atoms with Gasteiger partial charge in [0, 0.05) is 24.6 Å². The fourth-order valence-electron chi connectivity index (χ4n) is 1.55. The molecule has 1 heterocycles. The van der Waals surface area contributed by atoms with Crippen LogP contribution in [-0.4, -0.2) is 12.0 Å². The largest absolute Gasteiger partial charge is 0.388 e. The molecule has 2 rings (SSSR count). The van der Waals surface area contributed by atoms with Gasteiger partial charge in [-0.25, -0.2) is 0 Å². The Bertz CT molecular complexity index is 446. The van der Waals surface area contributed by atoms with Crippen molar-refractivity contribution in [3.63, 3.8) is 0 Å². The van der Waals surface area contributed by atoms with E-state index in [-0.39, 0.29) is 0 Å². The summed E-state index contributed by atoms with van der Waals surface area (Å²) in [6.07, 6.45) is 1.84. The van der Waals surface area contributed by atoms with Crippen LogP contribution in [-0.2, 0) is 0 Å². The molecule has 0 aliphatic rings. The van der Waals surface area contributed by atoms with E-state index in [1.807, 2.05) is 26.2 Å². The van der Waals surface area contributed by atoms with E-state index < -0.39 is 0 Å². The van der Waals surface area contributed by atoms with Crippen molar-refractivity contribution in [1.82, 2.24) is 4.98 Å². The molecule has 0 aliphatic carbocycles. The van der Waals surface area contributed by atoms with E-state index in [4.69, 9.17) is 0 Å². The third-order valence-corrected chi connectivity index (χ3v) is 2.40. The normalized spacial score (nSPS) is 10.0. The van der Waals surface area contributed by atoms with E-state index in [0.717, 1.165) is 11.4 Å². The van der Waals surface area contributed by atoms with Crippen molar-refractivity contribution in [2.45, 2.75) is 6.92 Å². The Hall–Kier alpha value is -1.83. The highest BCUT2D eigenvalue weighted by Gasteiger charge is 1.97. The minimum absolute atomic E-state index is 1.05. The highest BCUT2D eigenvalue weighted by molar-refractivity contribution is 5.65. The van der Waals surface area contributed by atoms with Crippen LogP contribution >= 0.6 is 0 Å². The quantitative estimate of drug-likeness (QED) is 0.802. The summed E-state index contributed by atoms with van der Waals surface area (Å²) in [5.74, 6) is 0. The number of benzene rings is 1. The zero-order chi connectivity index (χ0) is 10.7. The van der Waals surface area contributed by atoms with E-state index >= 15 is 0 Å². The van der Waals surface area contributed by atoms with E-state index in [0.29, 0.717) is 0 Å². The third kappa shape index (κ3) is 2.15. The second-order valence-electron chi connectivity index (χ2n) is 3.51. The Morgan fingerprint density at radius 2 is 1.73 bits per heavy atom. The molecule has 2 heteroatoms. The number of hydrogen-bond acceptors (Lipinski definition) is 2. The molecule has 76 valence electrons. The number of nitrogens with zero attached hydrogens (tertiary/aromatic N) is 1. The average Bonchev–Trinajstić information content (AvgIpc) is 2.29. The zero-order valence-electron chi connectivity index (χ0n) is 8.99. The lowest BCUT2D eigenvalue weighted by Gasteiger charge is -2.04. The minimum Gasteiger partial charge on any atom is -0.388 e. The lowest BCUT2D eigenvalue weighted by molar-refractivity contribution is 1.20. The van der Waals surface area contributed by atoms with Crippen LogP contribution in [0.25, 0.3) is 11.1 Å². The molecule has 0 spiro atoms. The van der Waals surface area contributed by atoms with Crippen molar-refractivity contribution < 1.29 is 0 Å². The lowest BCUT2D eigenvalue weighted by Crippen LogP contribution is -1.87. The van der Waals surface area contributed by atoms with Crippen LogP contribution in [0.1, 0.15) is 5.69 Å². The van der Waals surface area contributed by atoms with Crippen molar-refractivity contribution in [3.05, 3.63) is 48.3 Å². The van der Waals surface area contributed by atoms with Crippen LogP contribution in [0, 0.1) is 6.92 Å². The Labute approximate surface area is 90.0 Å². The van der Waals surface area contributed by atoms with Gasteiger partial charge >= 0.3 is 0 Å². The van der Waals surface area contributed by atoms with Crippen molar-refractivity contribution in [3.8, 4) is 11.1 Å². The Morgan fingerprint density at radius 3 is 2.33 bits per heavy atom. The zero-order valence-corrected chi connectivity index (χ0v) is 8.99. The Morgan fingerprint density at radius 1 is 1.00 bits per heavy atom. The molecule has 2 nitrogen and oxygen atoms in total. The van der Waals surface area contributed by atoms with Gasteiger partial charge in [0.25, 0.3) is 0 Å². The van der Waals surface area contributed by atoms with Gasteiger partial charge in [0.2, 0.25) is 0 Å². The Balaban J connectivity index is 2.37. The standard InChI is InChI=1S/C13H14N2/c1-10-9-12(7-8-15-10)11-3-5-13(14-2)6-4-11/h3-9,14H,1-2H3. The molecular formula is C13H14N2. The summed E-state index contributed by atoms with van der Waals surface area (Å²) in [6.45, 7) is 2.01. The summed E-state index contributed by atoms with van der Waals surface area (Å²) < 4.78 is 0. The lowest BCUT2D eigenvalue weighted by atomic mass is 10.1. The molecule has 2 aromatic rings. The molecule has 0 bridgehead atoms. The molecule has 0 radical (unpaired) electrons. The van der Waals surface area contributed by atoms with Crippen molar-refractivity contribution in [2.75, 3.05) is 12.4 Å². The molecule has 0 unspecified atom stereocenters. The van der Waals surface area contributed by atoms with Crippen LogP contribution in [0.15, 0.2) is 42.6 Å². The van der Waals surface area contributed by atoms with Crippen LogP contribution in [0.3, 0.4) is 0 Å². The average molecular weight is 198 g/mol. The van der Waals surface area contributed by atoms with Gasteiger partial charge in [-0.15, -0.1) is 0 Å². The van der Waals surface area contributed by atoms with E-state index in [1.54, 1.807) is 0 Å². The van der Waals surface area contributed by atoms with Crippen molar-refractivity contribution >= 4 is 5.69 Å². The second kappa shape index (κ2) is 4.13. The van der Waals surface area contributed by atoms with Gasteiger partial charge in [-0.2, -0.15) is 0 Å². The summed E-state index contributed by atoms with van der Waals surface area (Å²) in [5, 5.41) is 3.10. The van der Waals surface area contributed by atoms with Gasteiger partial charge in [-0.3, -0.25) is 4.98 Å². The smallest absolute Gasteiger partial charge is 0.0378 e. The van der Waals surface area contributed by atoms with E-state index in [2.05, 4.69) is 40.6 Å². The molecule has 15 heavy (non-hydrogen) atoms. The Kier molecular flexibility index (Phi) is 2.68. The molecule has 0 saturated carbocycles. The summed E-state index contributed by atoms with van der Waals surface area (Å²) in [7, 11) is 1.92. The van der Waals surface area contributed by atoms with E-state index in [9.17, 15) is 0 Å². The van der Waals surface area contributed by atoms with Crippen molar-refractivity contribution in [2.24, 2.45) is 0 Å². The first-order chi connectivity index (χ1) is 7.29. The molecule has 0 amide bonds. The minimum atomic E-state index is 1.05. The summed E-state index contributed by atoms with van der Waals surface area (Å²) >= 11 is 0. The van der Waals surface area contributed by atoms with Gasteiger partial charge in [-0.1, -0.05) is 12.1 Å².